The summed E-state index contributed by atoms with van der Waals surface area (Å²) in [6, 6.07) is 6.50. The third kappa shape index (κ3) is 5.58. The topological polar surface area (TPSA) is 108 Å². The number of likely N-dealkylation sites (N-methyl/N-ethyl adjacent to an activating group) is 1. The number of halogens is 5. The number of benzene rings is 2. The van der Waals surface area contributed by atoms with Crippen LogP contribution in [-0.4, -0.2) is 74.6 Å². The third-order valence-corrected chi connectivity index (χ3v) is 9.50. The monoisotopic (exact) mass is 658 g/mol. The van der Waals surface area contributed by atoms with E-state index in [-0.39, 0.29) is 65.4 Å². The molecule has 0 radical (unpaired) electrons. The number of carboxylic acid groups (broad SMARTS) is 1. The van der Waals surface area contributed by atoms with Crippen molar-refractivity contribution in [1.82, 2.24) is 24.6 Å². The van der Waals surface area contributed by atoms with Crippen LogP contribution in [0.5, 0.6) is 5.88 Å². The quantitative estimate of drug-likeness (QED) is 0.215. The Labute approximate surface area is 266 Å². The van der Waals surface area contributed by atoms with Gasteiger partial charge in [-0.05, 0) is 63.4 Å². The Bertz CT molecular complexity index is 1870. The molecule has 2 aromatic heterocycles. The van der Waals surface area contributed by atoms with Crippen LogP contribution < -0.4 is 4.74 Å². The van der Waals surface area contributed by atoms with E-state index in [1.807, 2.05) is 7.05 Å². The van der Waals surface area contributed by atoms with Crippen molar-refractivity contribution in [2.75, 3.05) is 26.7 Å². The summed E-state index contributed by atoms with van der Waals surface area (Å²) in [7, 11) is 1.98. The summed E-state index contributed by atoms with van der Waals surface area (Å²) in [5.74, 6) is -0.947. The van der Waals surface area contributed by atoms with Gasteiger partial charge in [-0.15, -0.1) is 0 Å². The van der Waals surface area contributed by atoms with Crippen LogP contribution in [-0.2, 0) is 6.18 Å². The molecule has 4 aromatic rings. The smallest absolute Gasteiger partial charge is 0.417 e. The number of likely N-dealkylation sites (tertiary alicyclic amines) is 2. The molecular weight excluding hydrogens is 628 g/mol. The molecule has 9 nitrogen and oxygen atoms in total. The maximum atomic E-state index is 16.7. The Kier molecular flexibility index (Phi) is 8.45. The van der Waals surface area contributed by atoms with Gasteiger partial charge in [0.25, 0.3) is 0 Å². The molecule has 1 N–H and O–H groups in total. The van der Waals surface area contributed by atoms with Gasteiger partial charge in [0.2, 0.25) is 5.88 Å². The number of carbonyl (C=O) groups is 1. The van der Waals surface area contributed by atoms with Gasteiger partial charge in [0.1, 0.15) is 12.1 Å². The van der Waals surface area contributed by atoms with Crippen molar-refractivity contribution < 1.29 is 32.2 Å². The van der Waals surface area contributed by atoms with Crippen LogP contribution in [0.2, 0.25) is 5.02 Å². The van der Waals surface area contributed by atoms with Crippen LogP contribution in [0.25, 0.3) is 32.9 Å². The molecular formula is C32H31ClF4N6O3. The number of aromatic nitrogens is 3. The molecule has 0 saturated carbocycles. The van der Waals surface area contributed by atoms with Gasteiger partial charge in [0, 0.05) is 23.5 Å². The zero-order chi connectivity index (χ0) is 32.9. The van der Waals surface area contributed by atoms with Crippen molar-refractivity contribution in [2.24, 2.45) is 0 Å². The molecule has 4 heterocycles. The molecule has 46 heavy (non-hydrogen) atoms. The van der Waals surface area contributed by atoms with Gasteiger partial charge in [-0.3, -0.25) is 4.68 Å². The fourth-order valence-electron chi connectivity index (χ4n) is 6.90. The maximum absolute atomic E-state index is 16.7. The number of nitriles is 1. The van der Waals surface area contributed by atoms with E-state index in [4.69, 9.17) is 16.3 Å². The van der Waals surface area contributed by atoms with Gasteiger partial charge in [-0.25, -0.2) is 14.2 Å². The normalized spacial score (nSPS) is 20.8. The SMILES string of the molecule is Cc1cccc(-c2c(Cl)cc3c(nc(OCC4CCCN4C)c4cnn(C5CCN(C(=O)O)C(CC#N)C5)c43)c2F)c1C(F)(F)F. The highest BCUT2D eigenvalue weighted by Crippen LogP contribution is 2.46. The molecule has 2 fully saturated rings. The summed E-state index contributed by atoms with van der Waals surface area (Å²) >= 11 is 6.63. The van der Waals surface area contributed by atoms with Gasteiger partial charge in [0.15, 0.2) is 5.82 Å². The minimum atomic E-state index is -4.77. The summed E-state index contributed by atoms with van der Waals surface area (Å²) in [6.07, 6.45) is -1.83. The number of hydrogen-bond acceptors (Lipinski definition) is 6. The first-order valence-electron chi connectivity index (χ1n) is 15.0. The molecule has 0 spiro atoms. The van der Waals surface area contributed by atoms with E-state index < -0.39 is 40.8 Å². The minimum absolute atomic E-state index is 0.0184. The summed E-state index contributed by atoms with van der Waals surface area (Å²) in [6.45, 7) is 2.62. The number of alkyl halides is 3. The Hall–Kier alpha value is -4.15. The second-order valence-electron chi connectivity index (χ2n) is 12.0. The highest BCUT2D eigenvalue weighted by Gasteiger charge is 2.38. The first-order valence-corrected chi connectivity index (χ1v) is 15.3. The number of piperidine rings is 1. The van der Waals surface area contributed by atoms with Crippen molar-refractivity contribution in [1.29, 1.82) is 5.26 Å². The summed E-state index contributed by atoms with van der Waals surface area (Å²) in [5.41, 5.74) is -1.70. The fraction of sp³-hybridized carbons (Fsp3) is 0.438. The van der Waals surface area contributed by atoms with E-state index in [9.17, 15) is 28.3 Å². The van der Waals surface area contributed by atoms with Gasteiger partial charge >= 0.3 is 12.3 Å². The van der Waals surface area contributed by atoms with Gasteiger partial charge in [0.05, 0.1) is 52.3 Å². The molecule has 2 saturated heterocycles. The number of ether oxygens (including phenoxy) is 1. The number of pyridine rings is 1. The van der Waals surface area contributed by atoms with E-state index in [0.29, 0.717) is 17.3 Å². The van der Waals surface area contributed by atoms with E-state index in [1.54, 1.807) is 10.9 Å². The number of rotatable bonds is 6. The van der Waals surface area contributed by atoms with Crippen LogP contribution >= 0.6 is 11.6 Å². The molecule has 3 atom stereocenters. The Morgan fingerprint density at radius 3 is 2.67 bits per heavy atom. The highest BCUT2D eigenvalue weighted by atomic mass is 35.5. The zero-order valence-corrected chi connectivity index (χ0v) is 25.9. The van der Waals surface area contributed by atoms with Crippen LogP contribution in [0.4, 0.5) is 22.4 Å². The molecule has 0 aliphatic carbocycles. The molecule has 2 aliphatic rings. The van der Waals surface area contributed by atoms with Crippen LogP contribution in [0, 0.1) is 24.1 Å². The van der Waals surface area contributed by atoms with Gasteiger partial charge in [-0.2, -0.15) is 23.5 Å². The van der Waals surface area contributed by atoms with Crippen molar-refractivity contribution in [3.05, 3.63) is 52.4 Å². The fourth-order valence-corrected chi connectivity index (χ4v) is 7.20. The third-order valence-electron chi connectivity index (χ3n) is 9.20. The lowest BCUT2D eigenvalue weighted by Crippen LogP contribution is -2.45. The number of fused-ring (bicyclic) bond motifs is 3. The van der Waals surface area contributed by atoms with Crippen LogP contribution in [0.3, 0.4) is 0 Å². The highest BCUT2D eigenvalue weighted by molar-refractivity contribution is 6.34. The summed E-state index contributed by atoms with van der Waals surface area (Å²) < 4.78 is 67.2. The van der Waals surface area contributed by atoms with Gasteiger partial charge in [-0.1, -0.05) is 29.8 Å². The van der Waals surface area contributed by atoms with E-state index in [1.165, 1.54) is 36.1 Å². The lowest BCUT2D eigenvalue weighted by Gasteiger charge is -2.37. The van der Waals surface area contributed by atoms with Gasteiger partial charge < -0.3 is 19.6 Å². The average Bonchev–Trinajstić information content (AvgIpc) is 3.62. The summed E-state index contributed by atoms with van der Waals surface area (Å²) in [4.78, 5) is 19.8. The van der Waals surface area contributed by atoms with Crippen molar-refractivity contribution in [3.8, 4) is 23.1 Å². The Morgan fingerprint density at radius 2 is 2.00 bits per heavy atom. The number of hydrogen-bond donors (Lipinski definition) is 1. The first kappa shape index (κ1) is 31.8. The largest absolute Gasteiger partial charge is 0.475 e. The zero-order valence-electron chi connectivity index (χ0n) is 25.1. The predicted molar refractivity (Wildman–Crippen MR) is 163 cm³/mol. The predicted octanol–water partition coefficient (Wildman–Crippen LogP) is 7.44. The lowest BCUT2D eigenvalue weighted by atomic mass is 9.93. The standard InChI is InChI=1S/C32H31ClF4N6O3/c1-17-5-3-7-21(26(17)32(35,36)37)25-24(33)14-22-28(27(25)34)40-30(46-16-20-6-4-11-41(20)2)23-15-39-43(29(22)23)19-9-12-42(31(44)45)18(13-19)8-10-38/h3,5,7,14-15,18-20H,4,6,8-9,11-13,16H2,1-2H3,(H,44,45). The molecule has 0 bridgehead atoms. The average molecular weight is 659 g/mol. The van der Waals surface area contributed by atoms with E-state index in [2.05, 4.69) is 21.1 Å². The second-order valence-corrected chi connectivity index (χ2v) is 12.4. The molecule has 14 heteroatoms. The lowest BCUT2D eigenvalue weighted by molar-refractivity contribution is -0.137. The van der Waals surface area contributed by atoms with Crippen molar-refractivity contribution in [3.63, 3.8) is 0 Å². The maximum Gasteiger partial charge on any atom is 0.417 e. The van der Waals surface area contributed by atoms with Crippen molar-refractivity contribution in [2.45, 2.75) is 63.3 Å². The number of amides is 1. The van der Waals surface area contributed by atoms with Crippen molar-refractivity contribution >= 4 is 39.5 Å². The minimum Gasteiger partial charge on any atom is -0.475 e. The summed E-state index contributed by atoms with van der Waals surface area (Å²) in [5, 5.41) is 24.1. The second kappa shape index (κ2) is 12.2. The van der Waals surface area contributed by atoms with E-state index >= 15 is 4.39 Å². The van der Waals surface area contributed by atoms with Crippen LogP contribution in [0.15, 0.2) is 30.5 Å². The van der Waals surface area contributed by atoms with Crippen LogP contribution in [0.1, 0.15) is 49.3 Å². The Morgan fingerprint density at radius 1 is 1.22 bits per heavy atom. The molecule has 242 valence electrons. The molecule has 1 amide bonds. The molecule has 6 rings (SSSR count). The molecule has 2 aromatic carbocycles. The molecule has 3 unspecified atom stereocenters. The molecule has 2 aliphatic heterocycles. The Balaban J connectivity index is 1.55. The first-order chi connectivity index (χ1) is 21.9. The number of nitrogens with zero attached hydrogens (tertiary/aromatic N) is 6. The number of aryl methyl sites for hydroxylation is 1. The van der Waals surface area contributed by atoms with E-state index in [0.717, 1.165) is 19.4 Å².